The SMILES string of the molecule is CC(C)Oc1cccc(NC2CCOC(C)(C)C2)c1N. The molecule has 0 saturated carbocycles. The van der Waals surface area contributed by atoms with Crippen molar-refractivity contribution in [3.05, 3.63) is 18.2 Å². The third kappa shape index (κ3) is 3.79. The summed E-state index contributed by atoms with van der Waals surface area (Å²) in [4.78, 5) is 0. The molecular formula is C16H26N2O2. The zero-order valence-electron chi connectivity index (χ0n) is 12.9. The van der Waals surface area contributed by atoms with Crippen LogP contribution in [0.2, 0.25) is 0 Å². The second-order valence-electron chi connectivity index (χ2n) is 6.33. The summed E-state index contributed by atoms with van der Waals surface area (Å²) in [7, 11) is 0. The first kappa shape index (κ1) is 15.0. The Balaban J connectivity index is 2.09. The normalized spacial score (nSPS) is 21.8. The molecule has 1 aromatic carbocycles. The smallest absolute Gasteiger partial charge is 0.144 e. The highest BCUT2D eigenvalue weighted by Gasteiger charge is 2.29. The van der Waals surface area contributed by atoms with Crippen molar-refractivity contribution in [3.63, 3.8) is 0 Å². The van der Waals surface area contributed by atoms with Gasteiger partial charge in [-0.15, -0.1) is 0 Å². The molecule has 1 aliphatic rings. The second kappa shape index (κ2) is 5.92. The molecule has 112 valence electrons. The lowest BCUT2D eigenvalue weighted by molar-refractivity contribution is -0.0553. The van der Waals surface area contributed by atoms with Gasteiger partial charge in [0, 0.05) is 12.6 Å². The van der Waals surface area contributed by atoms with Crippen LogP contribution >= 0.6 is 0 Å². The Morgan fingerprint density at radius 1 is 1.40 bits per heavy atom. The monoisotopic (exact) mass is 278 g/mol. The Morgan fingerprint density at radius 2 is 2.15 bits per heavy atom. The maximum absolute atomic E-state index is 6.20. The molecule has 1 heterocycles. The number of anilines is 2. The van der Waals surface area contributed by atoms with E-state index in [1.165, 1.54) is 0 Å². The van der Waals surface area contributed by atoms with E-state index in [4.69, 9.17) is 15.2 Å². The Hall–Kier alpha value is -1.42. The zero-order valence-corrected chi connectivity index (χ0v) is 12.9. The van der Waals surface area contributed by atoms with E-state index in [0.29, 0.717) is 11.7 Å². The van der Waals surface area contributed by atoms with Crippen LogP contribution in [0.5, 0.6) is 5.75 Å². The molecule has 1 unspecified atom stereocenters. The molecule has 1 saturated heterocycles. The van der Waals surface area contributed by atoms with Crippen LogP contribution in [0.3, 0.4) is 0 Å². The fourth-order valence-electron chi connectivity index (χ4n) is 2.60. The van der Waals surface area contributed by atoms with Gasteiger partial charge in [-0.1, -0.05) is 6.07 Å². The van der Waals surface area contributed by atoms with Crippen molar-refractivity contribution in [2.45, 2.75) is 58.3 Å². The van der Waals surface area contributed by atoms with Gasteiger partial charge in [-0.05, 0) is 52.7 Å². The van der Waals surface area contributed by atoms with E-state index in [2.05, 4.69) is 19.2 Å². The van der Waals surface area contributed by atoms with Gasteiger partial charge in [-0.2, -0.15) is 0 Å². The molecule has 20 heavy (non-hydrogen) atoms. The number of ether oxygens (including phenoxy) is 2. The van der Waals surface area contributed by atoms with Crippen molar-refractivity contribution >= 4 is 11.4 Å². The number of rotatable bonds is 4. The van der Waals surface area contributed by atoms with E-state index < -0.39 is 0 Å². The molecular weight excluding hydrogens is 252 g/mol. The standard InChI is InChI=1S/C16H26N2O2/c1-11(2)20-14-7-5-6-13(15(14)17)18-12-8-9-19-16(3,4)10-12/h5-7,11-12,18H,8-10,17H2,1-4H3. The van der Waals surface area contributed by atoms with Gasteiger partial charge >= 0.3 is 0 Å². The number of para-hydroxylation sites is 1. The van der Waals surface area contributed by atoms with Crippen LogP contribution in [0, 0.1) is 0 Å². The minimum Gasteiger partial charge on any atom is -0.489 e. The molecule has 3 N–H and O–H groups in total. The highest BCUT2D eigenvalue weighted by atomic mass is 16.5. The van der Waals surface area contributed by atoms with E-state index in [-0.39, 0.29) is 11.7 Å². The van der Waals surface area contributed by atoms with Crippen LogP contribution in [0.4, 0.5) is 11.4 Å². The molecule has 1 aromatic rings. The molecule has 0 radical (unpaired) electrons. The summed E-state index contributed by atoms with van der Waals surface area (Å²) in [5.41, 5.74) is 7.76. The summed E-state index contributed by atoms with van der Waals surface area (Å²) in [6.07, 6.45) is 2.09. The van der Waals surface area contributed by atoms with Gasteiger partial charge in [0.15, 0.2) is 0 Å². The average molecular weight is 278 g/mol. The number of hydrogen-bond donors (Lipinski definition) is 2. The van der Waals surface area contributed by atoms with Crippen LogP contribution in [0.25, 0.3) is 0 Å². The van der Waals surface area contributed by atoms with Crippen LogP contribution in [-0.4, -0.2) is 24.4 Å². The molecule has 2 rings (SSSR count). The van der Waals surface area contributed by atoms with Crippen LogP contribution in [-0.2, 0) is 4.74 Å². The summed E-state index contributed by atoms with van der Waals surface area (Å²) < 4.78 is 11.5. The van der Waals surface area contributed by atoms with Gasteiger partial charge in [-0.3, -0.25) is 0 Å². The molecule has 0 bridgehead atoms. The minimum atomic E-state index is -0.0727. The lowest BCUT2D eigenvalue weighted by Gasteiger charge is -2.36. The summed E-state index contributed by atoms with van der Waals surface area (Å²) in [6.45, 7) is 9.04. The van der Waals surface area contributed by atoms with Crippen LogP contribution in [0.1, 0.15) is 40.5 Å². The number of nitrogen functional groups attached to an aromatic ring is 1. The minimum absolute atomic E-state index is 0.0727. The fourth-order valence-corrected chi connectivity index (χ4v) is 2.60. The van der Waals surface area contributed by atoms with Gasteiger partial charge in [-0.25, -0.2) is 0 Å². The zero-order chi connectivity index (χ0) is 14.8. The number of nitrogens with two attached hydrogens (primary N) is 1. The molecule has 1 aliphatic heterocycles. The Kier molecular flexibility index (Phi) is 4.43. The van der Waals surface area contributed by atoms with Crippen molar-refractivity contribution in [1.82, 2.24) is 0 Å². The summed E-state index contributed by atoms with van der Waals surface area (Å²) in [6, 6.07) is 6.27. The molecule has 1 atom stereocenters. The van der Waals surface area contributed by atoms with E-state index >= 15 is 0 Å². The van der Waals surface area contributed by atoms with E-state index in [9.17, 15) is 0 Å². The largest absolute Gasteiger partial charge is 0.489 e. The third-order valence-corrected chi connectivity index (χ3v) is 3.49. The van der Waals surface area contributed by atoms with Crippen molar-refractivity contribution < 1.29 is 9.47 Å². The molecule has 0 amide bonds. The number of hydrogen-bond acceptors (Lipinski definition) is 4. The number of benzene rings is 1. The first-order chi connectivity index (χ1) is 9.37. The molecule has 1 fully saturated rings. The quantitative estimate of drug-likeness (QED) is 0.829. The predicted molar refractivity (Wildman–Crippen MR) is 83.3 cm³/mol. The summed E-state index contributed by atoms with van der Waals surface area (Å²) in [5.74, 6) is 0.747. The van der Waals surface area contributed by atoms with Crippen molar-refractivity contribution in [2.24, 2.45) is 0 Å². The lowest BCUT2D eigenvalue weighted by atomic mass is 9.93. The predicted octanol–water partition coefficient (Wildman–Crippen LogP) is 3.43. The van der Waals surface area contributed by atoms with E-state index in [0.717, 1.165) is 30.9 Å². The first-order valence-electron chi connectivity index (χ1n) is 7.33. The van der Waals surface area contributed by atoms with E-state index in [1.54, 1.807) is 0 Å². The van der Waals surface area contributed by atoms with Gasteiger partial charge in [0.2, 0.25) is 0 Å². The molecule has 0 aliphatic carbocycles. The van der Waals surface area contributed by atoms with Gasteiger partial charge in [0.05, 0.1) is 23.1 Å². The highest BCUT2D eigenvalue weighted by molar-refractivity contribution is 5.73. The lowest BCUT2D eigenvalue weighted by Crippen LogP contribution is -2.40. The van der Waals surface area contributed by atoms with E-state index in [1.807, 2.05) is 32.0 Å². The van der Waals surface area contributed by atoms with Crippen LogP contribution in [0.15, 0.2) is 18.2 Å². The fraction of sp³-hybridized carbons (Fsp3) is 0.625. The Morgan fingerprint density at radius 3 is 2.80 bits per heavy atom. The Bertz CT molecular complexity index is 458. The number of nitrogens with one attached hydrogen (secondary N) is 1. The highest BCUT2D eigenvalue weighted by Crippen LogP contribution is 2.33. The average Bonchev–Trinajstić information content (AvgIpc) is 2.32. The maximum Gasteiger partial charge on any atom is 0.144 e. The van der Waals surface area contributed by atoms with Gasteiger partial charge in [0.25, 0.3) is 0 Å². The topological polar surface area (TPSA) is 56.5 Å². The molecule has 4 nitrogen and oxygen atoms in total. The van der Waals surface area contributed by atoms with Gasteiger partial charge < -0.3 is 20.5 Å². The molecule has 0 aromatic heterocycles. The molecule has 0 spiro atoms. The summed E-state index contributed by atoms with van der Waals surface area (Å²) in [5, 5.41) is 3.53. The summed E-state index contributed by atoms with van der Waals surface area (Å²) >= 11 is 0. The first-order valence-corrected chi connectivity index (χ1v) is 7.33. The Labute approximate surface area is 121 Å². The van der Waals surface area contributed by atoms with Crippen LogP contribution < -0.4 is 15.8 Å². The molecule has 4 heteroatoms. The maximum atomic E-state index is 6.20. The third-order valence-electron chi connectivity index (χ3n) is 3.49. The van der Waals surface area contributed by atoms with Gasteiger partial charge in [0.1, 0.15) is 5.75 Å². The van der Waals surface area contributed by atoms with Crippen molar-refractivity contribution in [2.75, 3.05) is 17.7 Å². The van der Waals surface area contributed by atoms with Crippen molar-refractivity contribution in [1.29, 1.82) is 0 Å². The van der Waals surface area contributed by atoms with Crippen molar-refractivity contribution in [3.8, 4) is 5.75 Å². The second-order valence-corrected chi connectivity index (χ2v) is 6.33.